The minimum atomic E-state index is 0.139. The summed E-state index contributed by atoms with van der Waals surface area (Å²) in [6.45, 7) is 0. The lowest BCUT2D eigenvalue weighted by Crippen LogP contribution is -2.04. The molecule has 0 N–H and O–H groups in total. The van der Waals surface area contributed by atoms with E-state index in [0.717, 1.165) is 28.5 Å². The van der Waals surface area contributed by atoms with Crippen molar-refractivity contribution in [1.29, 1.82) is 0 Å². The third-order valence-corrected chi connectivity index (χ3v) is 2.89. The Labute approximate surface area is 97.6 Å². The lowest BCUT2D eigenvalue weighted by atomic mass is 9.96. The first kappa shape index (κ1) is 10.4. The van der Waals surface area contributed by atoms with E-state index in [1.54, 1.807) is 0 Å². The maximum atomic E-state index is 12.0. The SMILES string of the molecule is O=C(C1=CC=CCC1)c1cccc(Br)c1. The van der Waals surface area contributed by atoms with Gasteiger partial charge in [0, 0.05) is 15.6 Å². The van der Waals surface area contributed by atoms with Gasteiger partial charge in [0.2, 0.25) is 0 Å². The molecular formula is C13H11BrO. The zero-order valence-corrected chi connectivity index (χ0v) is 9.83. The topological polar surface area (TPSA) is 17.1 Å². The summed E-state index contributed by atoms with van der Waals surface area (Å²) in [6.07, 6.45) is 7.76. The first-order chi connectivity index (χ1) is 7.27. The maximum Gasteiger partial charge on any atom is 0.189 e. The highest BCUT2D eigenvalue weighted by Crippen LogP contribution is 2.19. The molecule has 1 nitrogen and oxygen atoms in total. The Morgan fingerprint density at radius 2 is 2.20 bits per heavy atom. The van der Waals surface area contributed by atoms with E-state index in [0.29, 0.717) is 0 Å². The third-order valence-electron chi connectivity index (χ3n) is 2.39. The van der Waals surface area contributed by atoms with Crippen molar-refractivity contribution >= 4 is 21.7 Å². The van der Waals surface area contributed by atoms with Crippen LogP contribution in [0, 0.1) is 0 Å². The highest BCUT2D eigenvalue weighted by molar-refractivity contribution is 9.10. The Morgan fingerprint density at radius 1 is 1.33 bits per heavy atom. The molecule has 0 heterocycles. The lowest BCUT2D eigenvalue weighted by molar-refractivity contribution is 0.103. The zero-order valence-electron chi connectivity index (χ0n) is 8.24. The molecule has 1 aromatic carbocycles. The van der Waals surface area contributed by atoms with Gasteiger partial charge in [-0.2, -0.15) is 0 Å². The van der Waals surface area contributed by atoms with Crippen LogP contribution in [0.15, 0.2) is 52.5 Å². The van der Waals surface area contributed by atoms with Crippen molar-refractivity contribution < 1.29 is 4.79 Å². The van der Waals surface area contributed by atoms with E-state index in [-0.39, 0.29) is 5.78 Å². The molecule has 0 unspecified atom stereocenters. The van der Waals surface area contributed by atoms with Crippen molar-refractivity contribution in [1.82, 2.24) is 0 Å². The Morgan fingerprint density at radius 3 is 2.87 bits per heavy atom. The molecule has 2 heteroatoms. The molecule has 0 atom stereocenters. The minimum Gasteiger partial charge on any atom is -0.289 e. The van der Waals surface area contributed by atoms with E-state index < -0.39 is 0 Å². The van der Waals surface area contributed by atoms with Crippen LogP contribution in [-0.2, 0) is 0 Å². The Balaban J connectivity index is 2.28. The first-order valence-electron chi connectivity index (χ1n) is 4.93. The number of ketones is 1. The van der Waals surface area contributed by atoms with Crippen molar-refractivity contribution in [3.8, 4) is 0 Å². The molecule has 0 aliphatic heterocycles. The van der Waals surface area contributed by atoms with Gasteiger partial charge in [0.1, 0.15) is 0 Å². The summed E-state index contributed by atoms with van der Waals surface area (Å²) in [5.74, 6) is 0.139. The second kappa shape index (κ2) is 4.58. The van der Waals surface area contributed by atoms with Gasteiger partial charge in [-0.15, -0.1) is 0 Å². The molecule has 1 aliphatic rings. The van der Waals surface area contributed by atoms with Crippen LogP contribution in [0.4, 0.5) is 0 Å². The van der Waals surface area contributed by atoms with Crippen LogP contribution in [0.1, 0.15) is 23.2 Å². The third kappa shape index (κ3) is 2.45. The van der Waals surface area contributed by atoms with Crippen LogP contribution in [0.3, 0.4) is 0 Å². The van der Waals surface area contributed by atoms with Crippen LogP contribution >= 0.6 is 15.9 Å². The molecule has 0 radical (unpaired) electrons. The number of hydrogen-bond donors (Lipinski definition) is 0. The Bertz CT molecular complexity index is 444. The van der Waals surface area contributed by atoms with Crippen molar-refractivity contribution in [2.24, 2.45) is 0 Å². The van der Waals surface area contributed by atoms with Crippen molar-refractivity contribution in [2.45, 2.75) is 12.8 Å². The normalized spacial score (nSPS) is 14.9. The van der Waals surface area contributed by atoms with E-state index in [2.05, 4.69) is 22.0 Å². The number of rotatable bonds is 2. The average Bonchev–Trinajstić information content (AvgIpc) is 2.29. The number of allylic oxidation sites excluding steroid dienone is 4. The largest absolute Gasteiger partial charge is 0.289 e. The summed E-state index contributed by atoms with van der Waals surface area (Å²) >= 11 is 3.37. The molecule has 76 valence electrons. The second-order valence-corrected chi connectivity index (χ2v) is 4.41. The second-order valence-electron chi connectivity index (χ2n) is 3.50. The highest BCUT2D eigenvalue weighted by Gasteiger charge is 2.12. The molecule has 0 spiro atoms. The minimum absolute atomic E-state index is 0.139. The first-order valence-corrected chi connectivity index (χ1v) is 5.72. The van der Waals surface area contributed by atoms with Gasteiger partial charge in [0.25, 0.3) is 0 Å². The Kier molecular flexibility index (Phi) is 3.17. The molecule has 1 aromatic rings. The van der Waals surface area contributed by atoms with Crippen LogP contribution in [-0.4, -0.2) is 5.78 Å². The standard InChI is InChI=1S/C13H11BrO/c14-12-8-4-7-11(9-12)13(15)10-5-2-1-3-6-10/h1-2,4-5,7-9H,3,6H2. The van der Waals surface area contributed by atoms with Gasteiger partial charge in [-0.1, -0.05) is 46.3 Å². The van der Waals surface area contributed by atoms with Gasteiger partial charge >= 0.3 is 0 Å². The molecular weight excluding hydrogens is 252 g/mol. The van der Waals surface area contributed by atoms with Crippen LogP contribution in [0.25, 0.3) is 0 Å². The summed E-state index contributed by atoms with van der Waals surface area (Å²) in [5.41, 5.74) is 1.65. The van der Waals surface area contributed by atoms with Crippen molar-refractivity contribution in [3.05, 3.63) is 58.1 Å². The smallest absolute Gasteiger partial charge is 0.189 e. The van der Waals surface area contributed by atoms with E-state index in [9.17, 15) is 4.79 Å². The van der Waals surface area contributed by atoms with E-state index in [4.69, 9.17) is 0 Å². The fraction of sp³-hybridized carbons (Fsp3) is 0.154. The number of benzene rings is 1. The highest BCUT2D eigenvalue weighted by atomic mass is 79.9. The molecule has 0 fully saturated rings. The monoisotopic (exact) mass is 262 g/mol. The van der Waals surface area contributed by atoms with Crippen LogP contribution in [0.2, 0.25) is 0 Å². The number of carbonyl (C=O) groups excluding carboxylic acids is 1. The molecule has 0 saturated heterocycles. The number of Topliss-reactive ketones (excluding diaryl/α,β-unsaturated/α-hetero) is 1. The van der Waals surface area contributed by atoms with Crippen molar-refractivity contribution in [3.63, 3.8) is 0 Å². The van der Waals surface area contributed by atoms with Gasteiger partial charge in [-0.3, -0.25) is 4.79 Å². The summed E-state index contributed by atoms with van der Waals surface area (Å²) in [6, 6.07) is 7.52. The predicted molar refractivity (Wildman–Crippen MR) is 64.9 cm³/mol. The summed E-state index contributed by atoms with van der Waals surface area (Å²) in [5, 5.41) is 0. The summed E-state index contributed by atoms with van der Waals surface area (Å²) in [7, 11) is 0. The molecule has 0 saturated carbocycles. The van der Waals surface area contributed by atoms with Gasteiger partial charge < -0.3 is 0 Å². The zero-order chi connectivity index (χ0) is 10.7. The van der Waals surface area contributed by atoms with Gasteiger partial charge in [0.05, 0.1) is 0 Å². The van der Waals surface area contributed by atoms with E-state index in [1.807, 2.05) is 36.4 Å². The van der Waals surface area contributed by atoms with Gasteiger partial charge in [-0.05, 0) is 25.0 Å². The van der Waals surface area contributed by atoms with E-state index in [1.165, 1.54) is 0 Å². The van der Waals surface area contributed by atoms with Crippen molar-refractivity contribution in [2.75, 3.05) is 0 Å². The van der Waals surface area contributed by atoms with Gasteiger partial charge in [-0.25, -0.2) is 0 Å². The summed E-state index contributed by atoms with van der Waals surface area (Å²) < 4.78 is 0.945. The predicted octanol–water partition coefficient (Wildman–Crippen LogP) is 3.91. The van der Waals surface area contributed by atoms with Gasteiger partial charge in [0.15, 0.2) is 5.78 Å². The average molecular weight is 263 g/mol. The maximum absolute atomic E-state index is 12.0. The van der Waals surface area contributed by atoms with E-state index >= 15 is 0 Å². The summed E-state index contributed by atoms with van der Waals surface area (Å²) in [4.78, 5) is 12.0. The number of carbonyl (C=O) groups is 1. The fourth-order valence-corrected chi connectivity index (χ4v) is 2.01. The molecule has 0 amide bonds. The molecule has 0 aromatic heterocycles. The number of hydrogen-bond acceptors (Lipinski definition) is 1. The lowest BCUT2D eigenvalue weighted by Gasteiger charge is -2.07. The van der Waals surface area contributed by atoms with Crippen LogP contribution < -0.4 is 0 Å². The van der Waals surface area contributed by atoms with Crippen LogP contribution in [0.5, 0.6) is 0 Å². The fourth-order valence-electron chi connectivity index (χ4n) is 1.61. The molecule has 1 aliphatic carbocycles. The molecule has 2 rings (SSSR count). The quantitative estimate of drug-likeness (QED) is 0.739. The number of halogens is 1. The Hall–Kier alpha value is -1.15. The molecule has 0 bridgehead atoms. The molecule has 15 heavy (non-hydrogen) atoms.